The number of phenolic OH excluding ortho intramolecular Hbond substituents is 2. The lowest BCUT2D eigenvalue weighted by atomic mass is 9.77. The minimum absolute atomic E-state index is 0.0865. The molecule has 0 aromatic heterocycles. The molecule has 2 nitrogen and oxygen atoms in total. The minimum atomic E-state index is -0.151. The molecule has 0 bridgehead atoms. The summed E-state index contributed by atoms with van der Waals surface area (Å²) in [5, 5.41) is 21.0. The van der Waals surface area contributed by atoms with Gasteiger partial charge in [-0.15, -0.1) is 0 Å². The first kappa shape index (κ1) is 15.9. The smallest absolute Gasteiger partial charge is 0.126 e. The summed E-state index contributed by atoms with van der Waals surface area (Å²) in [6.45, 7) is 16.5. The van der Waals surface area contributed by atoms with E-state index in [1.165, 1.54) is 0 Å². The molecule has 1 aromatic carbocycles. The van der Waals surface area contributed by atoms with Crippen LogP contribution >= 0.6 is 0 Å². The van der Waals surface area contributed by atoms with Gasteiger partial charge in [-0.1, -0.05) is 55.4 Å². The molecule has 0 radical (unpaired) electrons. The predicted molar refractivity (Wildman–Crippen MR) is 81.3 cm³/mol. The number of aromatic hydroxyl groups is 2. The molecule has 0 atom stereocenters. The van der Waals surface area contributed by atoms with Crippen molar-refractivity contribution in [1.29, 1.82) is 0 Å². The Morgan fingerprint density at radius 1 is 0.789 bits per heavy atom. The van der Waals surface area contributed by atoms with Crippen LogP contribution in [0.2, 0.25) is 0 Å². The average Bonchev–Trinajstić information content (AvgIpc) is 2.12. The Morgan fingerprint density at radius 3 is 1.32 bits per heavy atom. The van der Waals surface area contributed by atoms with Crippen molar-refractivity contribution in [2.45, 2.75) is 72.1 Å². The van der Waals surface area contributed by atoms with Crippen molar-refractivity contribution in [2.75, 3.05) is 0 Å². The fraction of sp³-hybridized carbons (Fsp3) is 0.647. The zero-order chi connectivity index (χ0) is 15.2. The van der Waals surface area contributed by atoms with E-state index in [1.54, 1.807) is 0 Å². The summed E-state index contributed by atoms with van der Waals surface area (Å²) in [4.78, 5) is 0. The zero-order valence-electron chi connectivity index (χ0n) is 13.5. The van der Waals surface area contributed by atoms with Gasteiger partial charge in [0.05, 0.1) is 0 Å². The molecule has 0 aliphatic heterocycles. The van der Waals surface area contributed by atoms with Crippen LogP contribution in [0.5, 0.6) is 11.5 Å². The predicted octanol–water partition coefficient (Wildman–Crippen LogP) is 4.82. The number of benzene rings is 1. The molecular formula is C17H28O2. The third-order valence-corrected chi connectivity index (χ3v) is 3.50. The largest absolute Gasteiger partial charge is 0.507 e. The van der Waals surface area contributed by atoms with E-state index in [2.05, 4.69) is 41.5 Å². The zero-order valence-corrected chi connectivity index (χ0v) is 13.5. The molecule has 0 unspecified atom stereocenters. The van der Waals surface area contributed by atoms with Gasteiger partial charge in [0.1, 0.15) is 11.5 Å². The lowest BCUT2D eigenvalue weighted by Gasteiger charge is -2.29. The van der Waals surface area contributed by atoms with Crippen molar-refractivity contribution in [2.24, 2.45) is 0 Å². The summed E-state index contributed by atoms with van der Waals surface area (Å²) in [6.07, 6.45) is 0. The normalized spacial score (nSPS) is 13.1. The average molecular weight is 264 g/mol. The third kappa shape index (κ3) is 3.05. The summed E-state index contributed by atoms with van der Waals surface area (Å²) in [7, 11) is 0. The monoisotopic (exact) mass is 264 g/mol. The van der Waals surface area contributed by atoms with Crippen LogP contribution in [-0.2, 0) is 10.8 Å². The van der Waals surface area contributed by atoms with Crippen LogP contribution in [0.25, 0.3) is 0 Å². The quantitative estimate of drug-likeness (QED) is 0.763. The molecule has 0 fully saturated rings. The Balaban J connectivity index is 3.76. The Morgan fingerprint density at radius 2 is 1.11 bits per heavy atom. The van der Waals surface area contributed by atoms with Crippen molar-refractivity contribution in [3.8, 4) is 11.5 Å². The molecular weight excluding hydrogens is 236 g/mol. The molecule has 1 aromatic rings. The van der Waals surface area contributed by atoms with Gasteiger partial charge in [-0.2, -0.15) is 0 Å². The van der Waals surface area contributed by atoms with Gasteiger partial charge < -0.3 is 10.2 Å². The second kappa shape index (κ2) is 4.73. The van der Waals surface area contributed by atoms with Gasteiger partial charge in [0.15, 0.2) is 0 Å². The van der Waals surface area contributed by atoms with E-state index in [4.69, 9.17) is 0 Å². The summed E-state index contributed by atoms with van der Waals surface area (Å²) in [5.41, 5.74) is 2.17. The molecule has 0 aliphatic carbocycles. The highest BCUT2D eigenvalue weighted by Gasteiger charge is 2.29. The molecule has 0 aliphatic rings. The molecule has 0 spiro atoms. The van der Waals surface area contributed by atoms with E-state index >= 15 is 0 Å². The number of hydrogen-bond donors (Lipinski definition) is 2. The Bertz CT molecular complexity index is 433. The SMILES string of the molecule is CC(C)c1c(O)c(C(C)(C)C)cc(C(C)(C)C)c1O. The maximum Gasteiger partial charge on any atom is 0.126 e. The van der Waals surface area contributed by atoms with Crippen molar-refractivity contribution in [3.63, 3.8) is 0 Å². The standard InChI is InChI=1S/C17H28O2/c1-10(2)13-14(18)11(16(3,4)5)9-12(15(13)19)17(6,7)8/h9-10,18-19H,1-8H3. The lowest BCUT2D eigenvalue weighted by Crippen LogP contribution is -2.18. The second-order valence-electron chi connectivity index (χ2n) is 7.74. The fourth-order valence-corrected chi connectivity index (χ4v) is 2.37. The van der Waals surface area contributed by atoms with E-state index in [-0.39, 0.29) is 28.2 Å². The molecule has 0 saturated carbocycles. The molecule has 0 heterocycles. The summed E-state index contributed by atoms with van der Waals surface area (Å²) < 4.78 is 0. The van der Waals surface area contributed by atoms with E-state index in [1.807, 2.05) is 19.9 Å². The Kier molecular flexibility index (Phi) is 3.96. The number of hydrogen-bond acceptors (Lipinski definition) is 2. The van der Waals surface area contributed by atoms with Crippen molar-refractivity contribution < 1.29 is 10.2 Å². The Hall–Kier alpha value is -1.18. The maximum absolute atomic E-state index is 10.5. The van der Waals surface area contributed by atoms with Crippen LogP contribution in [0.4, 0.5) is 0 Å². The van der Waals surface area contributed by atoms with Gasteiger partial charge in [0.25, 0.3) is 0 Å². The molecule has 108 valence electrons. The molecule has 0 amide bonds. The second-order valence-corrected chi connectivity index (χ2v) is 7.74. The molecule has 0 saturated heterocycles. The molecule has 1 rings (SSSR count). The van der Waals surface area contributed by atoms with E-state index in [0.29, 0.717) is 5.56 Å². The highest BCUT2D eigenvalue weighted by atomic mass is 16.3. The number of rotatable bonds is 1. The van der Waals surface area contributed by atoms with Gasteiger partial charge in [-0.25, -0.2) is 0 Å². The summed E-state index contributed by atoms with van der Waals surface area (Å²) in [6, 6.07) is 1.95. The van der Waals surface area contributed by atoms with Gasteiger partial charge in [0, 0.05) is 16.7 Å². The molecule has 2 heteroatoms. The van der Waals surface area contributed by atoms with Gasteiger partial charge in [-0.3, -0.25) is 0 Å². The van der Waals surface area contributed by atoms with E-state index < -0.39 is 0 Å². The van der Waals surface area contributed by atoms with Gasteiger partial charge >= 0.3 is 0 Å². The first-order valence-electron chi connectivity index (χ1n) is 6.97. The number of phenols is 2. The van der Waals surface area contributed by atoms with Crippen LogP contribution in [0.15, 0.2) is 6.07 Å². The molecule has 19 heavy (non-hydrogen) atoms. The maximum atomic E-state index is 10.5. The van der Waals surface area contributed by atoms with Crippen molar-refractivity contribution in [3.05, 3.63) is 22.8 Å². The van der Waals surface area contributed by atoms with Crippen LogP contribution in [0, 0.1) is 0 Å². The van der Waals surface area contributed by atoms with Crippen LogP contribution in [0.1, 0.15) is 78.0 Å². The first-order chi connectivity index (χ1) is 8.37. The van der Waals surface area contributed by atoms with Gasteiger partial charge in [-0.05, 0) is 22.8 Å². The van der Waals surface area contributed by atoms with Crippen LogP contribution in [0.3, 0.4) is 0 Å². The fourth-order valence-electron chi connectivity index (χ4n) is 2.37. The highest BCUT2D eigenvalue weighted by Crippen LogP contribution is 2.46. The van der Waals surface area contributed by atoms with Crippen LogP contribution < -0.4 is 0 Å². The minimum Gasteiger partial charge on any atom is -0.507 e. The highest BCUT2D eigenvalue weighted by molar-refractivity contribution is 5.58. The van der Waals surface area contributed by atoms with Crippen molar-refractivity contribution >= 4 is 0 Å². The topological polar surface area (TPSA) is 40.5 Å². The van der Waals surface area contributed by atoms with Crippen molar-refractivity contribution in [1.82, 2.24) is 0 Å². The lowest BCUT2D eigenvalue weighted by molar-refractivity contribution is 0.403. The molecule has 2 N–H and O–H groups in total. The third-order valence-electron chi connectivity index (χ3n) is 3.50. The summed E-state index contributed by atoms with van der Waals surface area (Å²) in [5.74, 6) is 0.574. The first-order valence-corrected chi connectivity index (χ1v) is 6.97. The van der Waals surface area contributed by atoms with E-state index in [9.17, 15) is 10.2 Å². The van der Waals surface area contributed by atoms with Gasteiger partial charge in [0.2, 0.25) is 0 Å². The summed E-state index contributed by atoms with van der Waals surface area (Å²) >= 11 is 0. The van der Waals surface area contributed by atoms with Crippen LogP contribution in [-0.4, -0.2) is 10.2 Å². The Labute approximate surface area is 117 Å². The van der Waals surface area contributed by atoms with E-state index in [0.717, 1.165) is 11.1 Å².